The van der Waals surface area contributed by atoms with Crippen LogP contribution in [0.3, 0.4) is 0 Å². The Morgan fingerprint density at radius 3 is 2.65 bits per heavy atom. The average molecular weight is 363 g/mol. The van der Waals surface area contributed by atoms with Gasteiger partial charge in [-0.1, -0.05) is 44.9 Å². The molecule has 0 radical (unpaired) electrons. The Morgan fingerprint density at radius 2 is 2.04 bits per heavy atom. The molecule has 1 amide bonds. The van der Waals surface area contributed by atoms with Crippen LogP contribution in [0.25, 0.3) is 0 Å². The normalized spacial score (nSPS) is 22.8. The maximum atomic E-state index is 12.7. The van der Waals surface area contributed by atoms with Crippen molar-refractivity contribution in [3.63, 3.8) is 0 Å². The molecule has 146 valence electrons. The molecule has 1 aromatic carbocycles. The summed E-state index contributed by atoms with van der Waals surface area (Å²) in [5.41, 5.74) is 0. The molecular formula is C21H34N2O3. The number of nitrogens with zero attached hydrogens (tertiary/aromatic N) is 2. The van der Waals surface area contributed by atoms with Gasteiger partial charge in [-0.2, -0.15) is 0 Å². The maximum Gasteiger partial charge on any atom is 0.260 e. The molecule has 1 aromatic rings. The van der Waals surface area contributed by atoms with Crippen molar-refractivity contribution in [3.8, 4) is 5.75 Å². The highest BCUT2D eigenvalue weighted by Gasteiger charge is 2.42. The number of benzene rings is 1. The van der Waals surface area contributed by atoms with Crippen molar-refractivity contribution < 1.29 is 14.6 Å². The van der Waals surface area contributed by atoms with Gasteiger partial charge >= 0.3 is 0 Å². The van der Waals surface area contributed by atoms with Crippen LogP contribution in [-0.2, 0) is 4.79 Å². The molecule has 3 atom stereocenters. The van der Waals surface area contributed by atoms with E-state index in [0.717, 1.165) is 19.5 Å². The largest absolute Gasteiger partial charge is 0.484 e. The van der Waals surface area contributed by atoms with Crippen molar-refractivity contribution >= 4 is 5.91 Å². The van der Waals surface area contributed by atoms with Crippen molar-refractivity contribution in [2.75, 3.05) is 39.9 Å². The van der Waals surface area contributed by atoms with Gasteiger partial charge in [-0.15, -0.1) is 0 Å². The Kier molecular flexibility index (Phi) is 8.39. The fourth-order valence-corrected chi connectivity index (χ4v) is 3.92. The first kappa shape index (κ1) is 20.7. The summed E-state index contributed by atoms with van der Waals surface area (Å²) in [6.07, 6.45) is 3.38. The van der Waals surface area contributed by atoms with Gasteiger partial charge < -0.3 is 19.6 Å². The van der Waals surface area contributed by atoms with Crippen LogP contribution in [0.4, 0.5) is 0 Å². The molecule has 2 rings (SSSR count). The molecule has 1 saturated heterocycles. The number of aliphatic hydroxyl groups excluding tert-OH is 1. The van der Waals surface area contributed by atoms with Crippen molar-refractivity contribution in [1.82, 2.24) is 9.80 Å². The Hall–Kier alpha value is -1.59. The number of ether oxygens (including phenoxy) is 1. The highest BCUT2D eigenvalue weighted by Crippen LogP contribution is 2.33. The third-order valence-corrected chi connectivity index (χ3v) is 5.48. The second-order valence-electron chi connectivity index (χ2n) is 7.35. The molecule has 1 fully saturated rings. The molecule has 0 spiro atoms. The highest BCUT2D eigenvalue weighted by atomic mass is 16.5. The number of likely N-dealkylation sites (tertiary alicyclic amines) is 1. The number of carbonyl (C=O) groups is 1. The minimum absolute atomic E-state index is 0.0138. The zero-order chi connectivity index (χ0) is 18.9. The lowest BCUT2D eigenvalue weighted by Crippen LogP contribution is -2.44. The average Bonchev–Trinajstić information content (AvgIpc) is 3.02. The molecule has 0 saturated carbocycles. The molecule has 26 heavy (non-hydrogen) atoms. The van der Waals surface area contributed by atoms with E-state index in [4.69, 9.17) is 4.74 Å². The van der Waals surface area contributed by atoms with Crippen LogP contribution in [0.15, 0.2) is 30.3 Å². The smallest absolute Gasteiger partial charge is 0.260 e. The van der Waals surface area contributed by atoms with Gasteiger partial charge in [-0.05, 0) is 44.0 Å². The molecule has 0 aromatic heterocycles. The van der Waals surface area contributed by atoms with E-state index in [-0.39, 0.29) is 25.2 Å². The number of amides is 1. The lowest BCUT2D eigenvalue weighted by Gasteiger charge is -2.30. The summed E-state index contributed by atoms with van der Waals surface area (Å²) in [6.45, 7) is 7.11. The molecule has 1 aliphatic rings. The SMILES string of the molecule is CCCCN(C)C[C@@H]1[C@H](CC)CN(C(=O)COc2ccccc2)[C@@H]1CO. The number of hydrogen-bond donors (Lipinski definition) is 1. The standard InChI is InChI=1S/C21H34N2O3/c1-4-6-12-22(3)14-19-17(5-2)13-23(20(19)15-24)21(25)16-26-18-10-8-7-9-11-18/h7-11,17,19-20,24H,4-6,12-16H2,1-3H3/t17-,19-,20-/m1/s1. The molecule has 0 aliphatic carbocycles. The van der Waals surface area contributed by atoms with Gasteiger partial charge in [0.25, 0.3) is 5.91 Å². The lowest BCUT2D eigenvalue weighted by molar-refractivity contribution is -0.135. The molecule has 1 N–H and O–H groups in total. The van der Waals surface area contributed by atoms with Crippen molar-refractivity contribution in [2.24, 2.45) is 11.8 Å². The minimum atomic E-state index is -0.115. The first-order chi connectivity index (χ1) is 12.6. The van der Waals surface area contributed by atoms with E-state index in [1.807, 2.05) is 35.2 Å². The summed E-state index contributed by atoms with van der Waals surface area (Å²) in [7, 11) is 2.14. The third kappa shape index (κ3) is 5.45. The Balaban J connectivity index is 1.98. The Bertz CT molecular complexity index is 537. The second-order valence-corrected chi connectivity index (χ2v) is 7.35. The number of hydrogen-bond acceptors (Lipinski definition) is 4. The van der Waals surface area contributed by atoms with Gasteiger partial charge in [0.2, 0.25) is 0 Å². The van der Waals surface area contributed by atoms with Crippen molar-refractivity contribution in [3.05, 3.63) is 30.3 Å². The zero-order valence-electron chi connectivity index (χ0n) is 16.4. The summed E-state index contributed by atoms with van der Waals surface area (Å²) >= 11 is 0. The predicted molar refractivity (Wildman–Crippen MR) is 104 cm³/mol. The number of rotatable bonds is 10. The van der Waals surface area contributed by atoms with Crippen LogP contribution >= 0.6 is 0 Å². The first-order valence-electron chi connectivity index (χ1n) is 9.87. The van der Waals surface area contributed by atoms with E-state index in [1.54, 1.807) is 0 Å². The summed E-state index contributed by atoms with van der Waals surface area (Å²) in [4.78, 5) is 16.9. The summed E-state index contributed by atoms with van der Waals surface area (Å²) < 4.78 is 5.63. The van der Waals surface area contributed by atoms with Crippen molar-refractivity contribution in [2.45, 2.75) is 39.2 Å². The van der Waals surface area contributed by atoms with Crippen LogP contribution in [0.2, 0.25) is 0 Å². The molecular weight excluding hydrogens is 328 g/mol. The van der Waals surface area contributed by atoms with E-state index in [2.05, 4.69) is 25.8 Å². The van der Waals surface area contributed by atoms with Crippen LogP contribution < -0.4 is 4.74 Å². The molecule has 5 heteroatoms. The molecule has 0 bridgehead atoms. The molecule has 0 unspecified atom stereocenters. The van der Waals surface area contributed by atoms with Gasteiger partial charge in [0.15, 0.2) is 6.61 Å². The zero-order valence-corrected chi connectivity index (χ0v) is 16.4. The van der Waals surface area contributed by atoms with Gasteiger partial charge in [0.1, 0.15) is 5.75 Å². The quantitative estimate of drug-likeness (QED) is 0.695. The fourth-order valence-electron chi connectivity index (χ4n) is 3.92. The highest BCUT2D eigenvalue weighted by molar-refractivity contribution is 5.78. The first-order valence-corrected chi connectivity index (χ1v) is 9.87. The predicted octanol–water partition coefficient (Wildman–Crippen LogP) is 2.64. The third-order valence-electron chi connectivity index (χ3n) is 5.48. The van der Waals surface area contributed by atoms with Crippen LogP contribution in [0.5, 0.6) is 5.75 Å². The topological polar surface area (TPSA) is 53.0 Å². The number of para-hydroxylation sites is 1. The Labute approximate surface area is 157 Å². The van der Waals surface area contributed by atoms with Crippen LogP contribution in [-0.4, -0.2) is 66.8 Å². The molecule has 1 aliphatic heterocycles. The van der Waals surface area contributed by atoms with E-state index in [0.29, 0.717) is 24.1 Å². The molecule has 5 nitrogen and oxygen atoms in total. The van der Waals surface area contributed by atoms with E-state index in [9.17, 15) is 9.90 Å². The van der Waals surface area contributed by atoms with Gasteiger partial charge in [-0.3, -0.25) is 4.79 Å². The fraction of sp³-hybridized carbons (Fsp3) is 0.667. The minimum Gasteiger partial charge on any atom is -0.484 e. The van der Waals surface area contributed by atoms with Gasteiger partial charge in [0, 0.05) is 13.1 Å². The van der Waals surface area contributed by atoms with Crippen molar-refractivity contribution in [1.29, 1.82) is 0 Å². The Morgan fingerprint density at radius 1 is 1.31 bits per heavy atom. The van der Waals surface area contributed by atoms with Crippen LogP contribution in [0.1, 0.15) is 33.1 Å². The maximum absolute atomic E-state index is 12.7. The summed E-state index contributed by atoms with van der Waals surface area (Å²) in [5, 5.41) is 9.99. The van der Waals surface area contributed by atoms with Gasteiger partial charge in [0.05, 0.1) is 12.6 Å². The van der Waals surface area contributed by atoms with Crippen LogP contribution in [0, 0.1) is 11.8 Å². The molecule has 1 heterocycles. The summed E-state index contributed by atoms with van der Waals surface area (Å²) in [6, 6.07) is 9.28. The van der Waals surface area contributed by atoms with E-state index < -0.39 is 0 Å². The number of aliphatic hydroxyl groups is 1. The van der Waals surface area contributed by atoms with E-state index >= 15 is 0 Å². The number of carbonyl (C=O) groups excluding carboxylic acids is 1. The second kappa shape index (κ2) is 10.5. The lowest BCUT2D eigenvalue weighted by atomic mass is 9.88. The number of unbranched alkanes of at least 4 members (excludes halogenated alkanes) is 1. The monoisotopic (exact) mass is 362 g/mol. The van der Waals surface area contributed by atoms with E-state index in [1.165, 1.54) is 12.8 Å². The van der Waals surface area contributed by atoms with Gasteiger partial charge in [-0.25, -0.2) is 0 Å². The summed E-state index contributed by atoms with van der Waals surface area (Å²) in [5.74, 6) is 1.40.